The van der Waals surface area contributed by atoms with Crippen molar-refractivity contribution in [2.45, 2.75) is 38.3 Å². The zero-order valence-electron chi connectivity index (χ0n) is 19.1. The van der Waals surface area contributed by atoms with Gasteiger partial charge in [0.15, 0.2) is 5.58 Å². The van der Waals surface area contributed by atoms with Crippen LogP contribution in [0.15, 0.2) is 46.3 Å². The van der Waals surface area contributed by atoms with Gasteiger partial charge in [0.25, 0.3) is 0 Å². The van der Waals surface area contributed by atoms with Gasteiger partial charge >= 0.3 is 5.69 Å². The van der Waals surface area contributed by atoms with Crippen molar-refractivity contribution in [3.8, 4) is 22.4 Å². The van der Waals surface area contributed by atoms with Crippen LogP contribution in [0, 0.1) is 0 Å². The number of aromatic nitrogens is 7. The Hall–Kier alpha value is -3.79. The number of pyridine rings is 1. The third-order valence-electron chi connectivity index (χ3n) is 6.41. The van der Waals surface area contributed by atoms with Crippen LogP contribution in [0.25, 0.3) is 44.6 Å². The van der Waals surface area contributed by atoms with Crippen molar-refractivity contribution in [2.75, 3.05) is 6.61 Å². The maximum Gasteiger partial charge on any atom is 0.348 e. The Kier molecular flexibility index (Phi) is 5.02. The third kappa shape index (κ3) is 3.60. The molecule has 1 fully saturated rings. The van der Waals surface area contributed by atoms with Gasteiger partial charge in [-0.05, 0) is 31.7 Å². The summed E-state index contributed by atoms with van der Waals surface area (Å²) in [5.41, 5.74) is 4.40. The minimum absolute atomic E-state index is 0.149. The lowest BCUT2D eigenvalue weighted by molar-refractivity contribution is 0.00881. The predicted octanol–water partition coefficient (Wildman–Crippen LogP) is 3.30. The molecular formula is C24H25N7O3. The minimum Gasteiger partial charge on any atom is -0.434 e. The second-order valence-electron chi connectivity index (χ2n) is 8.83. The molecule has 174 valence electrons. The van der Waals surface area contributed by atoms with Gasteiger partial charge in [-0.1, -0.05) is 0 Å². The third-order valence-corrected chi connectivity index (χ3v) is 6.41. The average Bonchev–Trinajstić information content (AvgIpc) is 3.57. The van der Waals surface area contributed by atoms with Crippen molar-refractivity contribution in [1.29, 1.82) is 0 Å². The smallest absolute Gasteiger partial charge is 0.348 e. The first-order chi connectivity index (χ1) is 16.6. The van der Waals surface area contributed by atoms with E-state index < -0.39 is 0 Å². The van der Waals surface area contributed by atoms with E-state index in [1.165, 1.54) is 0 Å². The first kappa shape index (κ1) is 20.8. The van der Waals surface area contributed by atoms with E-state index in [0.29, 0.717) is 29.1 Å². The van der Waals surface area contributed by atoms with Gasteiger partial charge < -0.3 is 9.15 Å². The van der Waals surface area contributed by atoms with Crippen LogP contribution in [-0.2, 0) is 25.4 Å². The normalized spacial score (nSPS) is 16.6. The van der Waals surface area contributed by atoms with E-state index in [2.05, 4.69) is 20.2 Å². The molecule has 0 spiro atoms. The summed E-state index contributed by atoms with van der Waals surface area (Å²) in [4.78, 5) is 22.3. The van der Waals surface area contributed by atoms with Crippen molar-refractivity contribution in [3.05, 3.63) is 47.5 Å². The fourth-order valence-corrected chi connectivity index (χ4v) is 4.68. The molecule has 6 rings (SSSR count). The summed E-state index contributed by atoms with van der Waals surface area (Å²) < 4.78 is 17.2. The fourth-order valence-electron chi connectivity index (χ4n) is 4.68. The second kappa shape index (κ2) is 8.21. The molecule has 1 atom stereocenters. The van der Waals surface area contributed by atoms with Gasteiger partial charge in [-0.3, -0.25) is 13.9 Å². The van der Waals surface area contributed by atoms with Crippen LogP contribution in [0.3, 0.4) is 0 Å². The highest BCUT2D eigenvalue weighted by Gasteiger charge is 2.23. The summed E-state index contributed by atoms with van der Waals surface area (Å²) >= 11 is 0. The van der Waals surface area contributed by atoms with Crippen LogP contribution >= 0.6 is 0 Å². The molecule has 5 aromatic heterocycles. The Morgan fingerprint density at radius 1 is 1.03 bits per heavy atom. The number of aryl methyl sites for hydroxylation is 3. The van der Waals surface area contributed by atoms with Crippen molar-refractivity contribution in [2.24, 2.45) is 14.1 Å². The van der Waals surface area contributed by atoms with Gasteiger partial charge in [-0.15, -0.1) is 0 Å². The molecule has 0 aliphatic carbocycles. The number of hydrogen-bond donors (Lipinski definition) is 0. The van der Waals surface area contributed by atoms with Gasteiger partial charge in [-0.25, -0.2) is 9.78 Å². The van der Waals surface area contributed by atoms with Crippen LogP contribution in [0.5, 0.6) is 0 Å². The van der Waals surface area contributed by atoms with Crippen LogP contribution in [0.2, 0.25) is 0 Å². The van der Waals surface area contributed by atoms with Crippen LogP contribution < -0.4 is 5.69 Å². The van der Waals surface area contributed by atoms with E-state index in [1.807, 2.05) is 32.6 Å². The second-order valence-corrected chi connectivity index (χ2v) is 8.83. The van der Waals surface area contributed by atoms with E-state index in [1.54, 1.807) is 32.5 Å². The number of ether oxygens (including phenoxy) is 1. The predicted molar refractivity (Wildman–Crippen MR) is 126 cm³/mol. The molecule has 0 saturated carbocycles. The summed E-state index contributed by atoms with van der Waals surface area (Å²) in [6.07, 6.45) is 13.1. The van der Waals surface area contributed by atoms with Crippen LogP contribution in [0.4, 0.5) is 0 Å². The van der Waals surface area contributed by atoms with E-state index >= 15 is 0 Å². The maximum atomic E-state index is 13.3. The summed E-state index contributed by atoms with van der Waals surface area (Å²) in [5.74, 6) is 0. The Morgan fingerprint density at radius 3 is 2.53 bits per heavy atom. The quantitative estimate of drug-likeness (QED) is 0.397. The van der Waals surface area contributed by atoms with Crippen molar-refractivity contribution in [3.63, 3.8) is 0 Å². The average molecular weight is 460 g/mol. The molecule has 0 radical (unpaired) electrons. The lowest BCUT2D eigenvalue weighted by atomic mass is 10.1. The van der Waals surface area contributed by atoms with Gasteiger partial charge in [0.1, 0.15) is 11.2 Å². The molecule has 0 bridgehead atoms. The molecule has 10 heteroatoms. The standard InChI is InChI=1S/C24H25N7O3/c1-29-13-16(11-26-29)15-9-19-21-22(34-23(19)25-10-15)20(17-12-27-30(2)14-17)28-24(32)31(21)7-6-18-5-3-4-8-33-18/h9-14,18H,3-8H2,1-2H3. The Morgan fingerprint density at radius 2 is 1.82 bits per heavy atom. The number of rotatable bonds is 5. The van der Waals surface area contributed by atoms with Crippen LogP contribution in [-0.4, -0.2) is 46.8 Å². The van der Waals surface area contributed by atoms with Gasteiger partial charge in [-0.2, -0.15) is 15.2 Å². The Bertz CT molecular complexity index is 1550. The molecule has 1 aliphatic heterocycles. The van der Waals surface area contributed by atoms with E-state index in [0.717, 1.165) is 54.4 Å². The molecule has 10 nitrogen and oxygen atoms in total. The molecule has 6 heterocycles. The largest absolute Gasteiger partial charge is 0.434 e. The minimum atomic E-state index is -0.323. The highest BCUT2D eigenvalue weighted by Crippen LogP contribution is 2.34. The molecule has 0 amide bonds. The van der Waals surface area contributed by atoms with Crippen molar-refractivity contribution < 1.29 is 9.15 Å². The number of fused-ring (bicyclic) bond motifs is 3. The zero-order valence-corrected chi connectivity index (χ0v) is 19.1. The monoisotopic (exact) mass is 459 g/mol. The highest BCUT2D eigenvalue weighted by molar-refractivity contribution is 6.06. The lowest BCUT2D eigenvalue weighted by Crippen LogP contribution is -2.27. The van der Waals surface area contributed by atoms with Gasteiger partial charge in [0, 0.05) is 62.5 Å². The topological polar surface area (TPSA) is 106 Å². The first-order valence-corrected chi connectivity index (χ1v) is 11.5. The molecule has 1 unspecified atom stereocenters. The highest BCUT2D eigenvalue weighted by atomic mass is 16.5. The summed E-state index contributed by atoms with van der Waals surface area (Å²) in [6.45, 7) is 1.27. The Balaban J connectivity index is 1.55. The zero-order chi connectivity index (χ0) is 23.2. The number of hydrogen-bond acceptors (Lipinski definition) is 7. The molecule has 0 aromatic carbocycles. The number of furan rings is 1. The molecular weight excluding hydrogens is 434 g/mol. The summed E-state index contributed by atoms with van der Waals surface area (Å²) in [6, 6.07) is 2.01. The lowest BCUT2D eigenvalue weighted by Gasteiger charge is -2.22. The Labute approximate surface area is 194 Å². The van der Waals surface area contributed by atoms with Crippen molar-refractivity contribution in [1.82, 2.24) is 34.1 Å². The molecule has 34 heavy (non-hydrogen) atoms. The van der Waals surface area contributed by atoms with E-state index in [-0.39, 0.29) is 11.8 Å². The molecule has 0 N–H and O–H groups in total. The van der Waals surface area contributed by atoms with E-state index in [9.17, 15) is 4.79 Å². The number of nitrogens with zero attached hydrogens (tertiary/aromatic N) is 7. The van der Waals surface area contributed by atoms with E-state index in [4.69, 9.17) is 9.15 Å². The summed E-state index contributed by atoms with van der Waals surface area (Å²) in [5, 5.41) is 9.28. The SMILES string of the molecule is Cn1cc(-c2cnc3oc4c(-c5cnn(C)c5)nc(=O)n(CCC5CCCCO5)c4c3c2)cn1. The molecule has 1 aliphatic rings. The van der Waals surface area contributed by atoms with Crippen LogP contribution in [0.1, 0.15) is 25.7 Å². The fraction of sp³-hybridized carbons (Fsp3) is 0.375. The maximum absolute atomic E-state index is 13.3. The molecule has 5 aromatic rings. The first-order valence-electron chi connectivity index (χ1n) is 11.5. The van der Waals surface area contributed by atoms with Gasteiger partial charge in [0.05, 0.1) is 23.9 Å². The summed E-state index contributed by atoms with van der Waals surface area (Å²) in [7, 11) is 3.70. The molecule has 1 saturated heterocycles. The van der Waals surface area contributed by atoms with Crippen molar-refractivity contribution >= 4 is 22.2 Å². The van der Waals surface area contributed by atoms with Gasteiger partial charge in [0.2, 0.25) is 5.71 Å².